The maximum absolute atomic E-state index is 11.5. The number of benzene rings is 1. The fourth-order valence-electron chi connectivity index (χ4n) is 2.78. The lowest BCUT2D eigenvalue weighted by Crippen LogP contribution is -2.32. The van der Waals surface area contributed by atoms with Gasteiger partial charge in [-0.2, -0.15) is 0 Å². The first kappa shape index (κ1) is 15.2. The molecule has 0 atom stereocenters. The Balaban J connectivity index is 1.83. The molecule has 0 aliphatic carbocycles. The number of carboxylic acids is 1. The van der Waals surface area contributed by atoms with Crippen molar-refractivity contribution in [3.63, 3.8) is 0 Å². The Kier molecular flexibility index (Phi) is 4.55. The molecule has 0 amide bonds. The minimum absolute atomic E-state index is 0.339. The van der Waals surface area contributed by atoms with Crippen molar-refractivity contribution in [3.05, 3.63) is 40.2 Å². The van der Waals surface area contributed by atoms with Gasteiger partial charge in [-0.05, 0) is 31.8 Å². The summed E-state index contributed by atoms with van der Waals surface area (Å²) in [7, 11) is 0. The number of rotatable bonds is 4. The summed E-state index contributed by atoms with van der Waals surface area (Å²) in [4.78, 5) is 18.8. The maximum Gasteiger partial charge on any atom is 0.348 e. The number of carbonyl (C=O) groups is 1. The highest BCUT2D eigenvalue weighted by Gasteiger charge is 2.21. The zero-order valence-electron chi connectivity index (χ0n) is 12.7. The third kappa shape index (κ3) is 3.36. The minimum atomic E-state index is -0.894. The molecule has 116 valence electrons. The number of likely N-dealkylation sites (tertiary alicyclic amines) is 1. The van der Waals surface area contributed by atoms with Gasteiger partial charge in [0.15, 0.2) is 0 Å². The second-order valence-electron chi connectivity index (χ2n) is 5.92. The topological polar surface area (TPSA) is 53.4 Å². The third-order valence-electron chi connectivity index (χ3n) is 4.15. The second kappa shape index (κ2) is 6.58. The van der Waals surface area contributed by atoms with E-state index in [-0.39, 0.29) is 0 Å². The molecule has 5 heteroatoms. The summed E-state index contributed by atoms with van der Waals surface area (Å²) in [5.74, 6) is -0.100. The SMILES string of the molecule is CC1CCN(Cc2nc(-c3ccccc3)c(C(=O)O)s2)CC1. The molecular weight excluding hydrogens is 296 g/mol. The molecular formula is C17H20N2O2S. The van der Waals surface area contributed by atoms with E-state index in [9.17, 15) is 9.90 Å². The third-order valence-corrected chi connectivity index (χ3v) is 5.18. The van der Waals surface area contributed by atoms with Crippen molar-refractivity contribution in [2.75, 3.05) is 13.1 Å². The summed E-state index contributed by atoms with van der Waals surface area (Å²) in [6.07, 6.45) is 2.42. The van der Waals surface area contributed by atoms with Gasteiger partial charge in [0, 0.05) is 5.56 Å². The number of aromatic carboxylic acids is 1. The number of hydrogen-bond acceptors (Lipinski definition) is 4. The molecule has 4 nitrogen and oxygen atoms in total. The molecule has 1 N–H and O–H groups in total. The van der Waals surface area contributed by atoms with Gasteiger partial charge in [0.1, 0.15) is 9.88 Å². The molecule has 1 aliphatic rings. The lowest BCUT2D eigenvalue weighted by molar-refractivity contribution is 0.0702. The molecule has 22 heavy (non-hydrogen) atoms. The van der Waals surface area contributed by atoms with E-state index in [0.29, 0.717) is 10.6 Å². The molecule has 1 saturated heterocycles. The smallest absolute Gasteiger partial charge is 0.348 e. The van der Waals surface area contributed by atoms with Crippen LogP contribution in [0.1, 0.15) is 34.4 Å². The van der Waals surface area contributed by atoms with Crippen molar-refractivity contribution in [1.82, 2.24) is 9.88 Å². The number of piperidine rings is 1. The van der Waals surface area contributed by atoms with Crippen molar-refractivity contribution in [2.45, 2.75) is 26.3 Å². The largest absolute Gasteiger partial charge is 0.477 e. The summed E-state index contributed by atoms with van der Waals surface area (Å²) >= 11 is 1.30. The molecule has 1 fully saturated rings. The van der Waals surface area contributed by atoms with Crippen LogP contribution in [0.2, 0.25) is 0 Å². The zero-order chi connectivity index (χ0) is 15.5. The number of nitrogens with zero attached hydrogens (tertiary/aromatic N) is 2. The van der Waals surface area contributed by atoms with Gasteiger partial charge in [0.05, 0.1) is 12.2 Å². The first-order valence-corrected chi connectivity index (χ1v) is 8.46. The zero-order valence-corrected chi connectivity index (χ0v) is 13.5. The van der Waals surface area contributed by atoms with Crippen molar-refractivity contribution in [2.24, 2.45) is 5.92 Å². The maximum atomic E-state index is 11.5. The lowest BCUT2D eigenvalue weighted by Gasteiger charge is -2.29. The molecule has 2 aromatic rings. The lowest BCUT2D eigenvalue weighted by atomic mass is 9.99. The summed E-state index contributed by atoms with van der Waals surface area (Å²) in [5, 5.41) is 10.3. The number of aromatic nitrogens is 1. The van der Waals surface area contributed by atoms with E-state index in [1.165, 1.54) is 24.2 Å². The molecule has 0 radical (unpaired) electrons. The van der Waals surface area contributed by atoms with Gasteiger partial charge in [-0.15, -0.1) is 11.3 Å². The van der Waals surface area contributed by atoms with Gasteiger partial charge >= 0.3 is 5.97 Å². The van der Waals surface area contributed by atoms with Crippen molar-refractivity contribution in [3.8, 4) is 11.3 Å². The highest BCUT2D eigenvalue weighted by Crippen LogP contribution is 2.29. The Morgan fingerprint density at radius 2 is 2.00 bits per heavy atom. The van der Waals surface area contributed by atoms with Crippen molar-refractivity contribution < 1.29 is 9.90 Å². The van der Waals surface area contributed by atoms with Crippen LogP contribution >= 0.6 is 11.3 Å². The standard InChI is InChI=1S/C17H20N2O2S/c1-12-7-9-19(10-8-12)11-14-18-15(16(22-14)17(20)21)13-5-3-2-4-6-13/h2-6,12H,7-11H2,1H3,(H,20,21). The van der Waals surface area contributed by atoms with Gasteiger partial charge in [0.2, 0.25) is 0 Å². The highest BCUT2D eigenvalue weighted by molar-refractivity contribution is 7.14. The Hall–Kier alpha value is -1.72. The van der Waals surface area contributed by atoms with E-state index in [2.05, 4.69) is 16.8 Å². The number of hydrogen-bond donors (Lipinski definition) is 1. The molecule has 1 aromatic heterocycles. The summed E-state index contributed by atoms with van der Waals surface area (Å²) in [6.45, 7) is 5.19. The van der Waals surface area contributed by atoms with Gasteiger partial charge in [-0.1, -0.05) is 37.3 Å². The van der Waals surface area contributed by atoms with Crippen LogP contribution in [0.25, 0.3) is 11.3 Å². The average Bonchev–Trinajstić information content (AvgIpc) is 2.95. The number of carboxylic acid groups (broad SMARTS) is 1. The normalized spacial score (nSPS) is 16.8. The van der Waals surface area contributed by atoms with Crippen molar-refractivity contribution >= 4 is 17.3 Å². The quantitative estimate of drug-likeness (QED) is 0.933. The number of thiazole rings is 1. The van der Waals surface area contributed by atoms with Gasteiger partial charge in [-0.3, -0.25) is 4.90 Å². The van der Waals surface area contributed by atoms with Crippen LogP contribution in [0, 0.1) is 5.92 Å². The van der Waals surface area contributed by atoms with E-state index >= 15 is 0 Å². The summed E-state index contributed by atoms with van der Waals surface area (Å²) < 4.78 is 0. The predicted octanol–water partition coefficient (Wildman–Crippen LogP) is 3.74. The van der Waals surface area contributed by atoms with Crippen LogP contribution in [-0.4, -0.2) is 34.0 Å². The average molecular weight is 316 g/mol. The van der Waals surface area contributed by atoms with Crippen LogP contribution in [0.15, 0.2) is 30.3 Å². The minimum Gasteiger partial charge on any atom is -0.477 e. The second-order valence-corrected chi connectivity index (χ2v) is 7.00. The van der Waals surface area contributed by atoms with Crippen LogP contribution in [0.5, 0.6) is 0 Å². The summed E-state index contributed by atoms with van der Waals surface area (Å²) in [6, 6.07) is 9.56. The van der Waals surface area contributed by atoms with Gasteiger partial charge in [0.25, 0.3) is 0 Å². The fraction of sp³-hybridized carbons (Fsp3) is 0.412. The molecule has 0 spiro atoms. The molecule has 0 saturated carbocycles. The van der Waals surface area contributed by atoms with Crippen LogP contribution in [0.4, 0.5) is 0 Å². The Morgan fingerprint density at radius 3 is 2.64 bits per heavy atom. The highest BCUT2D eigenvalue weighted by atomic mass is 32.1. The van der Waals surface area contributed by atoms with E-state index in [1.54, 1.807) is 0 Å². The Morgan fingerprint density at radius 1 is 1.32 bits per heavy atom. The van der Waals surface area contributed by atoms with E-state index in [1.807, 2.05) is 30.3 Å². The predicted molar refractivity (Wildman–Crippen MR) is 88.2 cm³/mol. The summed E-state index contributed by atoms with van der Waals surface area (Å²) in [5.41, 5.74) is 1.47. The van der Waals surface area contributed by atoms with Crippen LogP contribution in [-0.2, 0) is 6.54 Å². The monoisotopic (exact) mass is 316 g/mol. The van der Waals surface area contributed by atoms with Crippen LogP contribution < -0.4 is 0 Å². The molecule has 1 aliphatic heterocycles. The van der Waals surface area contributed by atoms with E-state index < -0.39 is 5.97 Å². The van der Waals surface area contributed by atoms with Gasteiger partial charge < -0.3 is 5.11 Å². The molecule has 1 aromatic carbocycles. The van der Waals surface area contributed by atoms with E-state index in [4.69, 9.17) is 0 Å². The molecule has 3 rings (SSSR count). The Bertz CT molecular complexity index is 646. The molecule has 0 bridgehead atoms. The van der Waals surface area contributed by atoms with Crippen LogP contribution in [0.3, 0.4) is 0 Å². The first-order valence-electron chi connectivity index (χ1n) is 7.64. The fourth-order valence-corrected chi connectivity index (χ4v) is 3.75. The molecule has 0 unspecified atom stereocenters. The van der Waals surface area contributed by atoms with Gasteiger partial charge in [-0.25, -0.2) is 9.78 Å². The van der Waals surface area contributed by atoms with E-state index in [0.717, 1.165) is 36.1 Å². The first-order chi connectivity index (χ1) is 10.6. The van der Waals surface area contributed by atoms with Crippen molar-refractivity contribution in [1.29, 1.82) is 0 Å². The Labute approximate surface area is 134 Å². The molecule has 2 heterocycles.